The Morgan fingerprint density at radius 1 is 0.516 bits per heavy atom. The van der Waals surface area contributed by atoms with Crippen molar-refractivity contribution in [3.05, 3.63) is 24.3 Å². The number of carbonyl (C=O) groups excluding carboxylic acids is 1. The van der Waals surface area contributed by atoms with E-state index in [0.717, 1.165) is 64.2 Å². The van der Waals surface area contributed by atoms with E-state index >= 15 is 0 Å². The van der Waals surface area contributed by atoms with Crippen LogP contribution in [0.1, 0.15) is 187 Å². The van der Waals surface area contributed by atoms with E-state index in [1.807, 2.05) is 0 Å². The maximum absolute atomic E-state index is 13.0. The fraction of sp³-hybridized carbons (Fsp3) is 0.900. The van der Waals surface area contributed by atoms with E-state index in [4.69, 9.17) is 28.4 Å². The lowest BCUT2D eigenvalue weighted by atomic mass is 9.98. The zero-order valence-corrected chi connectivity index (χ0v) is 39.8. The highest BCUT2D eigenvalue weighted by atomic mass is 16.7. The Kier molecular flexibility index (Phi) is 35.2. The van der Waals surface area contributed by atoms with E-state index in [2.05, 4.69) is 38.2 Å². The highest BCUT2D eigenvalue weighted by Crippen LogP contribution is 2.26. The topological polar surface area (TPSA) is 214 Å². The lowest BCUT2D eigenvalue weighted by Crippen LogP contribution is -2.61. The van der Waals surface area contributed by atoms with Crippen LogP contribution in [0.4, 0.5) is 0 Å². The molecule has 7 N–H and O–H groups in total. The van der Waals surface area contributed by atoms with E-state index in [-0.39, 0.29) is 25.6 Å². The first-order valence-corrected chi connectivity index (χ1v) is 25.4. The molecule has 0 aliphatic carbocycles. The molecule has 0 radical (unpaired) electrons. The van der Waals surface area contributed by atoms with Gasteiger partial charge in [-0.15, -0.1) is 0 Å². The molecule has 0 aromatic heterocycles. The van der Waals surface area contributed by atoms with Gasteiger partial charge in [-0.1, -0.05) is 167 Å². The largest absolute Gasteiger partial charge is 0.457 e. The molecule has 0 amide bonds. The number of unbranched alkanes of at least 4 members (excludes halogenated alkanes) is 22. The third-order valence-corrected chi connectivity index (χ3v) is 12.2. The van der Waals surface area contributed by atoms with Crippen molar-refractivity contribution in [1.29, 1.82) is 0 Å². The minimum absolute atomic E-state index is 0.0597. The molecule has 14 heteroatoms. The van der Waals surface area contributed by atoms with Gasteiger partial charge in [0, 0.05) is 13.0 Å². The molecule has 2 rings (SSSR count). The van der Waals surface area contributed by atoms with Crippen molar-refractivity contribution in [3.63, 3.8) is 0 Å². The number of hydrogen-bond acceptors (Lipinski definition) is 14. The quantitative estimate of drug-likeness (QED) is 0.0184. The summed E-state index contributed by atoms with van der Waals surface area (Å²) in [6.45, 7) is 3.65. The molecule has 2 aliphatic rings. The van der Waals surface area contributed by atoms with Gasteiger partial charge in [0.15, 0.2) is 12.6 Å². The normalized spacial score (nSPS) is 26.9. The Balaban J connectivity index is 1.78. The molecule has 11 unspecified atom stereocenters. The van der Waals surface area contributed by atoms with Crippen molar-refractivity contribution in [2.45, 2.75) is 255 Å². The maximum atomic E-state index is 13.0. The van der Waals surface area contributed by atoms with Crippen molar-refractivity contribution in [2.75, 3.05) is 33.0 Å². The number of hydrogen-bond donors (Lipinski definition) is 7. The standard InChI is InChI=1S/C50H92O14/c1-3-5-7-9-11-13-15-17-19-20-22-24-26-28-30-32-34-59-36-39(62-42(52)33-31-29-27-25-23-21-18-16-14-12-10-8-6-4-2)37-60-49-48(58)46(56)44(54)41(64-49)38-61-50-47(57)45(55)43(53)40(35-51)63-50/h10,12,16,18,39-41,43-51,53-58H,3-9,11,13-15,17,19-38H2,1-2H3/b12-10-,18-16-. The maximum Gasteiger partial charge on any atom is 0.306 e. The zero-order chi connectivity index (χ0) is 46.6. The number of esters is 1. The van der Waals surface area contributed by atoms with Gasteiger partial charge in [0.1, 0.15) is 54.9 Å². The first-order chi connectivity index (χ1) is 31.1. The molecule has 64 heavy (non-hydrogen) atoms. The van der Waals surface area contributed by atoms with Crippen LogP contribution >= 0.6 is 0 Å². The second-order valence-corrected chi connectivity index (χ2v) is 18.0. The first kappa shape index (κ1) is 58.6. The monoisotopic (exact) mass is 917 g/mol. The highest BCUT2D eigenvalue weighted by Gasteiger charge is 2.47. The second-order valence-electron chi connectivity index (χ2n) is 18.0. The molecule has 0 aromatic rings. The summed E-state index contributed by atoms with van der Waals surface area (Å²) in [5.41, 5.74) is 0. The average molecular weight is 917 g/mol. The van der Waals surface area contributed by atoms with E-state index < -0.39 is 80.7 Å². The predicted octanol–water partition coefficient (Wildman–Crippen LogP) is 7.24. The Morgan fingerprint density at radius 3 is 1.55 bits per heavy atom. The van der Waals surface area contributed by atoms with Crippen LogP contribution in [0.15, 0.2) is 24.3 Å². The van der Waals surface area contributed by atoms with E-state index in [1.54, 1.807) is 0 Å². The molecule has 376 valence electrons. The minimum atomic E-state index is -1.71. The van der Waals surface area contributed by atoms with E-state index in [0.29, 0.717) is 13.0 Å². The zero-order valence-electron chi connectivity index (χ0n) is 39.8. The van der Waals surface area contributed by atoms with Crippen LogP contribution in [0.25, 0.3) is 0 Å². The number of aliphatic hydroxyl groups excluding tert-OH is 7. The Bertz CT molecular complexity index is 1160. The minimum Gasteiger partial charge on any atom is -0.457 e. The van der Waals surface area contributed by atoms with Crippen LogP contribution in [0.5, 0.6) is 0 Å². The molecule has 0 aromatic carbocycles. The summed E-state index contributed by atoms with van der Waals surface area (Å²) in [7, 11) is 0. The Labute approximate surface area is 386 Å². The van der Waals surface area contributed by atoms with Gasteiger partial charge in [0.25, 0.3) is 0 Å². The summed E-state index contributed by atoms with van der Waals surface area (Å²) >= 11 is 0. The molecule has 0 spiro atoms. The SMILES string of the molecule is CCCC/C=C\C/C=C\CCCCCCCC(=O)OC(COCCCCCCCCCCCCCCCCCC)COC1OC(COC2OC(CO)C(O)C(O)C2O)C(O)C(O)C1O. The van der Waals surface area contributed by atoms with Gasteiger partial charge in [0.05, 0.1) is 26.4 Å². The van der Waals surface area contributed by atoms with Gasteiger partial charge in [-0.25, -0.2) is 0 Å². The lowest BCUT2D eigenvalue weighted by Gasteiger charge is -2.42. The lowest BCUT2D eigenvalue weighted by molar-refractivity contribution is -0.332. The fourth-order valence-electron chi connectivity index (χ4n) is 8.01. The van der Waals surface area contributed by atoms with Crippen molar-refractivity contribution in [1.82, 2.24) is 0 Å². The molecule has 2 saturated heterocycles. The molecule has 11 atom stereocenters. The van der Waals surface area contributed by atoms with Crippen LogP contribution < -0.4 is 0 Å². The van der Waals surface area contributed by atoms with Crippen molar-refractivity contribution in [3.8, 4) is 0 Å². The Morgan fingerprint density at radius 2 is 0.984 bits per heavy atom. The van der Waals surface area contributed by atoms with Crippen LogP contribution in [0.3, 0.4) is 0 Å². The van der Waals surface area contributed by atoms with Crippen molar-refractivity contribution < 1.29 is 69.0 Å². The summed E-state index contributed by atoms with van der Waals surface area (Å²) in [6, 6.07) is 0. The molecule has 2 fully saturated rings. The highest BCUT2D eigenvalue weighted by molar-refractivity contribution is 5.69. The summed E-state index contributed by atoms with van der Waals surface area (Å²) in [5, 5.41) is 72.1. The first-order valence-electron chi connectivity index (χ1n) is 25.4. The summed E-state index contributed by atoms with van der Waals surface area (Å²) in [5.74, 6) is -0.388. The smallest absolute Gasteiger partial charge is 0.306 e. The number of carbonyl (C=O) groups is 1. The number of allylic oxidation sites excluding steroid dienone is 4. The van der Waals surface area contributed by atoms with E-state index in [1.165, 1.54) is 96.3 Å². The third-order valence-electron chi connectivity index (χ3n) is 12.2. The molecule has 0 saturated carbocycles. The average Bonchev–Trinajstić information content (AvgIpc) is 3.29. The molecular formula is C50H92O14. The summed E-state index contributed by atoms with van der Waals surface area (Å²) in [4.78, 5) is 13.0. The van der Waals surface area contributed by atoms with Gasteiger partial charge >= 0.3 is 5.97 Å². The molecule has 0 bridgehead atoms. The predicted molar refractivity (Wildman–Crippen MR) is 247 cm³/mol. The van der Waals surface area contributed by atoms with Gasteiger partial charge in [-0.3, -0.25) is 4.79 Å². The summed E-state index contributed by atoms with van der Waals surface area (Å²) < 4.78 is 34.2. The number of ether oxygens (including phenoxy) is 6. The van der Waals surface area contributed by atoms with Crippen molar-refractivity contribution in [2.24, 2.45) is 0 Å². The Hall–Kier alpha value is -1.53. The van der Waals surface area contributed by atoms with Gasteiger partial charge in [-0.05, 0) is 38.5 Å². The second kappa shape index (κ2) is 38.4. The van der Waals surface area contributed by atoms with Crippen molar-refractivity contribution >= 4 is 5.97 Å². The van der Waals surface area contributed by atoms with Crippen LogP contribution in [0.2, 0.25) is 0 Å². The third kappa shape index (κ3) is 26.1. The fourth-order valence-corrected chi connectivity index (χ4v) is 8.01. The number of rotatable bonds is 40. The molecule has 2 heterocycles. The van der Waals surface area contributed by atoms with Crippen LogP contribution in [-0.2, 0) is 33.2 Å². The van der Waals surface area contributed by atoms with Gasteiger partial charge in [-0.2, -0.15) is 0 Å². The molecular weight excluding hydrogens is 825 g/mol. The molecule has 2 aliphatic heterocycles. The molecule has 14 nitrogen and oxygen atoms in total. The van der Waals surface area contributed by atoms with Crippen LogP contribution in [0, 0.1) is 0 Å². The van der Waals surface area contributed by atoms with Gasteiger partial charge < -0.3 is 64.2 Å². The van der Waals surface area contributed by atoms with Gasteiger partial charge in [0.2, 0.25) is 0 Å². The number of aliphatic hydroxyl groups is 7. The van der Waals surface area contributed by atoms with E-state index in [9.17, 15) is 40.5 Å². The summed E-state index contributed by atoms with van der Waals surface area (Å²) in [6.07, 6.45) is 23.8. The van der Waals surface area contributed by atoms with Crippen LogP contribution in [-0.4, -0.2) is 142 Å².